The van der Waals surface area contributed by atoms with Crippen LogP contribution in [0.25, 0.3) is 10.4 Å². The molecule has 0 saturated heterocycles. The smallest absolute Gasteiger partial charge is 0.195 e. The Morgan fingerprint density at radius 3 is 2.79 bits per heavy atom. The van der Waals surface area contributed by atoms with Crippen molar-refractivity contribution in [3.05, 3.63) is 46.3 Å². The van der Waals surface area contributed by atoms with E-state index in [0.29, 0.717) is 0 Å². The molecule has 2 aromatic rings. The summed E-state index contributed by atoms with van der Waals surface area (Å²) in [4.78, 5) is 13.0. The van der Waals surface area contributed by atoms with Crippen LogP contribution >= 0.6 is 11.3 Å². The Morgan fingerprint density at radius 2 is 1.93 bits per heavy atom. The number of ketones is 1. The highest BCUT2D eigenvalue weighted by Crippen LogP contribution is 2.40. The highest BCUT2D eigenvalue weighted by Gasteiger charge is 2.27. The lowest BCUT2D eigenvalue weighted by atomic mass is 10.1. The number of carbonyl (C=O) groups is 1. The maximum atomic E-state index is 11.9. The molecule has 1 heterocycles. The number of benzene rings is 1. The van der Waals surface area contributed by atoms with E-state index in [1.165, 1.54) is 0 Å². The second-order valence-electron chi connectivity index (χ2n) is 3.54. The van der Waals surface area contributed by atoms with Gasteiger partial charge < -0.3 is 0 Å². The van der Waals surface area contributed by atoms with Crippen LogP contribution in [-0.2, 0) is 0 Å². The third-order valence-electron chi connectivity index (χ3n) is 2.57. The van der Waals surface area contributed by atoms with Crippen molar-refractivity contribution in [3.8, 4) is 10.4 Å². The SMILES string of the molecule is Cc1ccc2c(c1)C(=O)c1ccsc1-2. The summed E-state index contributed by atoms with van der Waals surface area (Å²) >= 11 is 1.64. The Kier molecular flexibility index (Phi) is 1.45. The maximum absolute atomic E-state index is 11.9. The second-order valence-corrected chi connectivity index (χ2v) is 4.46. The molecule has 1 nitrogen and oxygen atoms in total. The summed E-state index contributed by atoms with van der Waals surface area (Å²) in [6, 6.07) is 7.99. The number of thiophene rings is 1. The lowest BCUT2D eigenvalue weighted by Gasteiger charge is -1.98. The van der Waals surface area contributed by atoms with Crippen LogP contribution in [0.4, 0.5) is 0 Å². The van der Waals surface area contributed by atoms with Crippen LogP contribution in [0.2, 0.25) is 0 Å². The zero-order valence-electron chi connectivity index (χ0n) is 7.70. The topological polar surface area (TPSA) is 17.1 Å². The van der Waals surface area contributed by atoms with Gasteiger partial charge in [-0.2, -0.15) is 0 Å². The fourth-order valence-corrected chi connectivity index (χ4v) is 2.82. The predicted molar refractivity (Wildman–Crippen MR) is 57.9 cm³/mol. The van der Waals surface area contributed by atoms with Gasteiger partial charge in [-0.25, -0.2) is 0 Å². The third kappa shape index (κ3) is 0.863. The van der Waals surface area contributed by atoms with E-state index in [9.17, 15) is 4.79 Å². The molecule has 0 N–H and O–H groups in total. The monoisotopic (exact) mass is 200 g/mol. The van der Waals surface area contributed by atoms with E-state index in [2.05, 4.69) is 6.07 Å². The molecule has 14 heavy (non-hydrogen) atoms. The molecule has 3 rings (SSSR count). The van der Waals surface area contributed by atoms with E-state index in [-0.39, 0.29) is 5.78 Å². The van der Waals surface area contributed by atoms with E-state index in [1.807, 2.05) is 30.5 Å². The first kappa shape index (κ1) is 7.94. The molecule has 1 aromatic heterocycles. The summed E-state index contributed by atoms with van der Waals surface area (Å²) in [5.41, 5.74) is 3.99. The number of rotatable bonds is 0. The summed E-state index contributed by atoms with van der Waals surface area (Å²) in [5.74, 6) is 0.181. The molecule has 0 saturated carbocycles. The number of hydrogen-bond acceptors (Lipinski definition) is 2. The largest absolute Gasteiger partial charge is 0.289 e. The molecule has 68 valence electrons. The van der Waals surface area contributed by atoms with Gasteiger partial charge in [0.05, 0.1) is 0 Å². The van der Waals surface area contributed by atoms with Crippen LogP contribution in [-0.4, -0.2) is 5.78 Å². The molecule has 0 spiro atoms. The molecule has 0 fully saturated rings. The zero-order valence-corrected chi connectivity index (χ0v) is 8.52. The van der Waals surface area contributed by atoms with Crippen LogP contribution in [0.5, 0.6) is 0 Å². The first-order valence-corrected chi connectivity index (χ1v) is 5.38. The summed E-state index contributed by atoms with van der Waals surface area (Å²) in [6.07, 6.45) is 0. The van der Waals surface area contributed by atoms with E-state index >= 15 is 0 Å². The van der Waals surface area contributed by atoms with Gasteiger partial charge in [0.2, 0.25) is 0 Å². The van der Waals surface area contributed by atoms with Crippen molar-refractivity contribution in [3.63, 3.8) is 0 Å². The summed E-state index contributed by atoms with van der Waals surface area (Å²) in [5, 5.41) is 1.98. The summed E-state index contributed by atoms with van der Waals surface area (Å²) < 4.78 is 0. The lowest BCUT2D eigenvalue weighted by Crippen LogP contribution is -1.94. The van der Waals surface area contributed by atoms with E-state index in [4.69, 9.17) is 0 Å². The van der Waals surface area contributed by atoms with E-state index < -0.39 is 0 Å². The second kappa shape index (κ2) is 2.55. The lowest BCUT2D eigenvalue weighted by molar-refractivity contribution is 0.104. The Hall–Kier alpha value is -1.41. The van der Waals surface area contributed by atoms with Gasteiger partial charge in [-0.15, -0.1) is 11.3 Å². The van der Waals surface area contributed by atoms with Gasteiger partial charge in [0.15, 0.2) is 5.78 Å². The number of fused-ring (bicyclic) bond motifs is 3. The Bertz CT molecular complexity index is 537. The fraction of sp³-hybridized carbons (Fsp3) is 0.0833. The summed E-state index contributed by atoms with van der Waals surface area (Å²) in [6.45, 7) is 2.01. The van der Waals surface area contributed by atoms with Crippen molar-refractivity contribution >= 4 is 17.1 Å². The van der Waals surface area contributed by atoms with Crippen molar-refractivity contribution < 1.29 is 4.79 Å². The van der Waals surface area contributed by atoms with Crippen LogP contribution in [0.1, 0.15) is 21.5 Å². The Morgan fingerprint density at radius 1 is 1.07 bits per heavy atom. The number of hydrogen-bond donors (Lipinski definition) is 0. The molecule has 0 amide bonds. The molecular formula is C12H8OS. The van der Waals surface area contributed by atoms with Crippen LogP contribution in [0.15, 0.2) is 29.6 Å². The number of carbonyl (C=O) groups excluding carboxylic acids is 1. The number of aryl methyl sites for hydroxylation is 1. The van der Waals surface area contributed by atoms with Crippen LogP contribution in [0, 0.1) is 6.92 Å². The van der Waals surface area contributed by atoms with Crippen molar-refractivity contribution in [2.24, 2.45) is 0 Å². The van der Waals surface area contributed by atoms with E-state index in [0.717, 1.165) is 27.1 Å². The quantitative estimate of drug-likeness (QED) is 0.544. The highest BCUT2D eigenvalue weighted by atomic mass is 32.1. The van der Waals surface area contributed by atoms with Crippen molar-refractivity contribution in [2.45, 2.75) is 6.92 Å². The van der Waals surface area contributed by atoms with Gasteiger partial charge in [0, 0.05) is 21.6 Å². The van der Waals surface area contributed by atoms with Gasteiger partial charge in [0.1, 0.15) is 0 Å². The van der Waals surface area contributed by atoms with E-state index in [1.54, 1.807) is 11.3 Å². The third-order valence-corrected chi connectivity index (χ3v) is 3.52. The molecule has 1 aliphatic carbocycles. The fourth-order valence-electron chi connectivity index (χ4n) is 1.89. The average Bonchev–Trinajstić information content (AvgIpc) is 2.72. The molecule has 0 unspecified atom stereocenters. The molecule has 1 aliphatic rings. The standard InChI is InChI=1S/C12H8OS/c1-7-2-3-8-10(6-7)11(13)9-4-5-14-12(8)9/h2-6H,1H3. The minimum atomic E-state index is 0.181. The highest BCUT2D eigenvalue weighted by molar-refractivity contribution is 7.14. The van der Waals surface area contributed by atoms with Gasteiger partial charge in [-0.1, -0.05) is 17.7 Å². The Labute approximate surface area is 86.0 Å². The molecular weight excluding hydrogens is 192 g/mol. The summed E-state index contributed by atoms with van der Waals surface area (Å²) in [7, 11) is 0. The minimum absolute atomic E-state index is 0.181. The first-order valence-electron chi connectivity index (χ1n) is 4.50. The van der Waals surface area contributed by atoms with Gasteiger partial charge in [-0.05, 0) is 24.4 Å². The molecule has 0 bridgehead atoms. The molecule has 0 aliphatic heterocycles. The van der Waals surface area contributed by atoms with Crippen LogP contribution < -0.4 is 0 Å². The predicted octanol–water partition coefficient (Wildman–Crippen LogP) is 3.27. The zero-order chi connectivity index (χ0) is 9.71. The van der Waals surface area contributed by atoms with Gasteiger partial charge in [0.25, 0.3) is 0 Å². The normalized spacial score (nSPS) is 12.8. The van der Waals surface area contributed by atoms with Gasteiger partial charge in [-0.3, -0.25) is 4.79 Å². The van der Waals surface area contributed by atoms with Crippen molar-refractivity contribution in [2.75, 3.05) is 0 Å². The molecule has 0 atom stereocenters. The Balaban J connectivity index is 2.38. The molecule has 2 heteroatoms. The maximum Gasteiger partial charge on any atom is 0.195 e. The average molecular weight is 200 g/mol. The van der Waals surface area contributed by atoms with Crippen LogP contribution in [0.3, 0.4) is 0 Å². The van der Waals surface area contributed by atoms with Crippen molar-refractivity contribution in [1.29, 1.82) is 0 Å². The minimum Gasteiger partial charge on any atom is -0.289 e. The van der Waals surface area contributed by atoms with Crippen molar-refractivity contribution in [1.82, 2.24) is 0 Å². The first-order chi connectivity index (χ1) is 6.77. The molecule has 1 aromatic carbocycles. The molecule has 0 radical (unpaired) electrons. The van der Waals surface area contributed by atoms with Gasteiger partial charge >= 0.3 is 0 Å².